The van der Waals surface area contributed by atoms with Crippen LogP contribution >= 0.6 is 15.9 Å². The van der Waals surface area contributed by atoms with Gasteiger partial charge in [-0.25, -0.2) is 0 Å². The second kappa shape index (κ2) is 5.41. The van der Waals surface area contributed by atoms with Gasteiger partial charge < -0.3 is 5.32 Å². The Balaban J connectivity index is 1.91. The molecular weight excluding hydrogens is 300 g/mol. The van der Waals surface area contributed by atoms with Gasteiger partial charge in [0.05, 0.1) is 0 Å². The fourth-order valence-corrected chi connectivity index (χ4v) is 2.59. The molecule has 0 fully saturated rings. The number of hydrogen-bond acceptors (Lipinski definition) is 2. The quantitative estimate of drug-likeness (QED) is 0.764. The van der Waals surface area contributed by atoms with Crippen molar-refractivity contribution in [3.8, 4) is 0 Å². The van der Waals surface area contributed by atoms with Gasteiger partial charge in [-0.1, -0.05) is 40.2 Å². The average molecular weight is 313 g/mol. The maximum absolute atomic E-state index is 4.03. The standard InChI is InChI=1S/C16H13BrN2/c17-15-5-6-16(14-4-2-1-3-13(14)15)19-11-12-7-9-18-10-8-12/h1-10,19H,11H2. The molecule has 1 aromatic heterocycles. The zero-order valence-electron chi connectivity index (χ0n) is 10.3. The molecule has 94 valence electrons. The molecule has 0 radical (unpaired) electrons. The van der Waals surface area contributed by atoms with Crippen molar-refractivity contribution in [2.45, 2.75) is 6.54 Å². The Labute approximate surface area is 120 Å². The van der Waals surface area contributed by atoms with E-state index in [4.69, 9.17) is 0 Å². The summed E-state index contributed by atoms with van der Waals surface area (Å²) >= 11 is 3.59. The number of nitrogens with one attached hydrogen (secondary N) is 1. The van der Waals surface area contributed by atoms with Crippen molar-refractivity contribution < 1.29 is 0 Å². The van der Waals surface area contributed by atoms with Crippen molar-refractivity contribution >= 4 is 32.4 Å². The van der Waals surface area contributed by atoms with Gasteiger partial charge in [-0.3, -0.25) is 4.98 Å². The third-order valence-corrected chi connectivity index (χ3v) is 3.79. The minimum Gasteiger partial charge on any atom is -0.380 e. The molecule has 0 unspecified atom stereocenters. The van der Waals surface area contributed by atoms with Crippen LogP contribution in [-0.2, 0) is 6.54 Å². The first-order valence-electron chi connectivity index (χ1n) is 6.14. The van der Waals surface area contributed by atoms with Crippen LogP contribution in [0, 0.1) is 0 Å². The van der Waals surface area contributed by atoms with Crippen molar-refractivity contribution in [1.29, 1.82) is 0 Å². The summed E-state index contributed by atoms with van der Waals surface area (Å²) in [5.74, 6) is 0. The minimum absolute atomic E-state index is 0.800. The minimum atomic E-state index is 0.800. The highest BCUT2D eigenvalue weighted by atomic mass is 79.9. The summed E-state index contributed by atoms with van der Waals surface area (Å²) in [5.41, 5.74) is 2.37. The highest BCUT2D eigenvalue weighted by Crippen LogP contribution is 2.30. The predicted molar refractivity (Wildman–Crippen MR) is 83.2 cm³/mol. The van der Waals surface area contributed by atoms with E-state index in [0.29, 0.717) is 0 Å². The number of aromatic nitrogens is 1. The van der Waals surface area contributed by atoms with Crippen LogP contribution in [0.25, 0.3) is 10.8 Å². The summed E-state index contributed by atoms with van der Waals surface area (Å²) < 4.78 is 1.12. The zero-order chi connectivity index (χ0) is 13.1. The van der Waals surface area contributed by atoms with Crippen molar-refractivity contribution in [3.05, 3.63) is 71.0 Å². The third-order valence-electron chi connectivity index (χ3n) is 3.10. The molecule has 0 aliphatic rings. The number of nitrogens with zero attached hydrogens (tertiary/aromatic N) is 1. The van der Waals surface area contributed by atoms with Gasteiger partial charge in [0.2, 0.25) is 0 Å². The molecule has 0 saturated carbocycles. The lowest BCUT2D eigenvalue weighted by molar-refractivity contribution is 1.13. The zero-order valence-corrected chi connectivity index (χ0v) is 11.9. The molecule has 0 atom stereocenters. The lowest BCUT2D eigenvalue weighted by Crippen LogP contribution is -2.00. The number of fused-ring (bicyclic) bond motifs is 1. The summed E-state index contributed by atoms with van der Waals surface area (Å²) in [6.07, 6.45) is 3.63. The molecule has 3 rings (SSSR count). The van der Waals surface area contributed by atoms with Crippen LogP contribution in [0.4, 0.5) is 5.69 Å². The van der Waals surface area contributed by atoms with Gasteiger partial charge in [-0.15, -0.1) is 0 Å². The Morgan fingerprint density at radius 1 is 0.895 bits per heavy atom. The molecule has 0 saturated heterocycles. The SMILES string of the molecule is Brc1ccc(NCc2ccncc2)c2ccccc12. The highest BCUT2D eigenvalue weighted by Gasteiger charge is 2.03. The van der Waals surface area contributed by atoms with E-state index in [1.807, 2.05) is 24.5 Å². The number of hydrogen-bond donors (Lipinski definition) is 1. The number of pyridine rings is 1. The van der Waals surface area contributed by atoms with Crippen molar-refractivity contribution in [2.75, 3.05) is 5.32 Å². The first-order valence-corrected chi connectivity index (χ1v) is 6.94. The molecule has 1 heterocycles. The van der Waals surface area contributed by atoms with Crippen molar-refractivity contribution in [3.63, 3.8) is 0 Å². The molecule has 0 amide bonds. The molecule has 2 aromatic carbocycles. The Bertz CT molecular complexity index is 695. The number of benzene rings is 2. The Hall–Kier alpha value is -1.87. The maximum atomic E-state index is 4.03. The predicted octanol–water partition coefficient (Wildman–Crippen LogP) is 4.61. The monoisotopic (exact) mass is 312 g/mol. The molecule has 19 heavy (non-hydrogen) atoms. The highest BCUT2D eigenvalue weighted by molar-refractivity contribution is 9.10. The van der Waals surface area contributed by atoms with Crippen LogP contribution in [0.5, 0.6) is 0 Å². The van der Waals surface area contributed by atoms with E-state index in [1.54, 1.807) is 0 Å². The van der Waals surface area contributed by atoms with E-state index in [-0.39, 0.29) is 0 Å². The fraction of sp³-hybridized carbons (Fsp3) is 0.0625. The van der Waals surface area contributed by atoms with Crippen LogP contribution in [0.2, 0.25) is 0 Å². The summed E-state index contributed by atoms with van der Waals surface area (Å²) in [4.78, 5) is 4.03. The molecule has 2 nitrogen and oxygen atoms in total. The van der Waals surface area contributed by atoms with Crippen molar-refractivity contribution in [1.82, 2.24) is 4.98 Å². The second-order valence-electron chi connectivity index (χ2n) is 4.35. The van der Waals surface area contributed by atoms with E-state index < -0.39 is 0 Å². The van der Waals surface area contributed by atoms with E-state index in [1.165, 1.54) is 16.3 Å². The van der Waals surface area contributed by atoms with Gasteiger partial charge in [0.1, 0.15) is 0 Å². The molecule has 3 aromatic rings. The molecule has 0 bridgehead atoms. The molecule has 1 N–H and O–H groups in total. The van der Waals surface area contributed by atoms with Crippen LogP contribution in [0.3, 0.4) is 0 Å². The van der Waals surface area contributed by atoms with Gasteiger partial charge in [0, 0.05) is 34.5 Å². The summed E-state index contributed by atoms with van der Waals surface area (Å²) in [7, 11) is 0. The smallest absolute Gasteiger partial charge is 0.0423 e. The Morgan fingerprint density at radius 3 is 2.42 bits per heavy atom. The third kappa shape index (κ3) is 2.61. The number of rotatable bonds is 3. The molecule has 3 heteroatoms. The first kappa shape index (κ1) is 12.2. The van der Waals surface area contributed by atoms with Crippen LogP contribution in [0.1, 0.15) is 5.56 Å². The van der Waals surface area contributed by atoms with E-state index in [0.717, 1.165) is 16.7 Å². The van der Waals surface area contributed by atoms with Crippen LogP contribution in [-0.4, -0.2) is 4.98 Å². The van der Waals surface area contributed by atoms with Crippen LogP contribution in [0.15, 0.2) is 65.4 Å². The molecule has 0 aliphatic carbocycles. The van der Waals surface area contributed by atoms with Gasteiger partial charge in [-0.2, -0.15) is 0 Å². The molecular formula is C16H13BrN2. The van der Waals surface area contributed by atoms with Gasteiger partial charge in [-0.05, 0) is 35.2 Å². The van der Waals surface area contributed by atoms with E-state index >= 15 is 0 Å². The maximum Gasteiger partial charge on any atom is 0.0423 e. The summed E-state index contributed by atoms with van der Waals surface area (Å²) in [6.45, 7) is 0.800. The topological polar surface area (TPSA) is 24.9 Å². The molecule has 0 aliphatic heterocycles. The fourth-order valence-electron chi connectivity index (χ4n) is 2.11. The number of anilines is 1. The number of halogens is 1. The van der Waals surface area contributed by atoms with Gasteiger partial charge in [0.15, 0.2) is 0 Å². The second-order valence-corrected chi connectivity index (χ2v) is 5.20. The Kier molecular flexibility index (Phi) is 3.47. The van der Waals surface area contributed by atoms with Gasteiger partial charge in [0.25, 0.3) is 0 Å². The Morgan fingerprint density at radius 2 is 1.63 bits per heavy atom. The van der Waals surface area contributed by atoms with Crippen molar-refractivity contribution in [2.24, 2.45) is 0 Å². The van der Waals surface area contributed by atoms with Crippen LogP contribution < -0.4 is 5.32 Å². The largest absolute Gasteiger partial charge is 0.380 e. The normalized spacial score (nSPS) is 10.6. The van der Waals surface area contributed by atoms with E-state index in [9.17, 15) is 0 Å². The lowest BCUT2D eigenvalue weighted by Gasteiger charge is -2.11. The summed E-state index contributed by atoms with van der Waals surface area (Å²) in [5, 5.41) is 5.93. The average Bonchev–Trinajstić information content (AvgIpc) is 2.48. The van der Waals surface area contributed by atoms with E-state index in [2.05, 4.69) is 62.6 Å². The summed E-state index contributed by atoms with van der Waals surface area (Å²) in [6, 6.07) is 16.6. The van der Waals surface area contributed by atoms with Gasteiger partial charge >= 0.3 is 0 Å². The lowest BCUT2D eigenvalue weighted by atomic mass is 10.1. The molecule has 0 spiro atoms. The first-order chi connectivity index (χ1) is 9.34.